The first-order valence-electron chi connectivity index (χ1n) is 6.68. The topological polar surface area (TPSA) is 137 Å². The summed E-state index contributed by atoms with van der Waals surface area (Å²) in [6.45, 7) is 1.44. The third-order valence-corrected chi connectivity index (χ3v) is 3.44. The Kier molecular flexibility index (Phi) is 4.91. The smallest absolute Gasteiger partial charge is 0.351 e. The van der Waals surface area contributed by atoms with Crippen LogP contribution in [0, 0.1) is 0 Å². The van der Waals surface area contributed by atoms with Crippen molar-refractivity contribution in [2.75, 3.05) is 12.1 Å². The summed E-state index contributed by atoms with van der Waals surface area (Å²) in [5.41, 5.74) is 1.68. The van der Waals surface area contributed by atoms with Gasteiger partial charge in [0.15, 0.2) is 12.0 Å². The number of aliphatic hydroxyl groups is 3. The Labute approximate surface area is 120 Å². The van der Waals surface area contributed by atoms with E-state index in [9.17, 15) is 15.0 Å². The molecule has 1 saturated heterocycles. The lowest BCUT2D eigenvalue weighted by Gasteiger charge is -2.19. The van der Waals surface area contributed by atoms with Crippen molar-refractivity contribution in [1.82, 2.24) is 9.55 Å². The molecule has 2 unspecified atom stereocenters. The van der Waals surface area contributed by atoms with Gasteiger partial charge in [-0.05, 0) is 6.42 Å². The molecule has 0 saturated carbocycles. The van der Waals surface area contributed by atoms with Gasteiger partial charge in [-0.25, -0.2) is 4.79 Å². The number of ether oxygens (including phenoxy) is 1. The fourth-order valence-corrected chi connectivity index (χ4v) is 2.35. The summed E-state index contributed by atoms with van der Waals surface area (Å²) in [6.07, 6.45) is -2.04. The third-order valence-electron chi connectivity index (χ3n) is 3.44. The Morgan fingerprint density at radius 1 is 1.43 bits per heavy atom. The highest BCUT2D eigenvalue weighted by atomic mass is 16.6. The van der Waals surface area contributed by atoms with E-state index in [2.05, 4.69) is 4.98 Å². The van der Waals surface area contributed by atoms with Crippen molar-refractivity contribution >= 4 is 5.82 Å². The molecule has 0 radical (unpaired) electrons. The Morgan fingerprint density at radius 3 is 2.67 bits per heavy atom. The van der Waals surface area contributed by atoms with Gasteiger partial charge in [-0.3, -0.25) is 15.3 Å². The Hall–Kier alpha value is -1.52. The molecular weight excluding hydrogens is 282 g/mol. The van der Waals surface area contributed by atoms with Crippen LogP contribution in [0.1, 0.15) is 25.1 Å². The van der Waals surface area contributed by atoms with Gasteiger partial charge in [0, 0.05) is 11.8 Å². The van der Waals surface area contributed by atoms with Crippen LogP contribution < -0.4 is 11.2 Å². The standard InChI is InChI=1S/C12H19N3O6/c1-2-3-6-4-15(12(19)13-10(6)14-20)11-9(18)8(17)7(5-16)21-11/h4,7-9,11,16-18,20H,2-3,5H2,1H3,(H,13,14,19)/t7-,8?,9?,11-/m1/s1. The van der Waals surface area contributed by atoms with Gasteiger partial charge in [-0.1, -0.05) is 13.3 Å². The molecule has 1 aromatic heterocycles. The van der Waals surface area contributed by atoms with Crippen molar-refractivity contribution < 1.29 is 25.3 Å². The fourth-order valence-electron chi connectivity index (χ4n) is 2.35. The van der Waals surface area contributed by atoms with E-state index in [1.807, 2.05) is 12.4 Å². The number of nitrogens with zero attached hydrogens (tertiary/aromatic N) is 2. The predicted octanol–water partition coefficient (Wildman–Crippen LogP) is -1.39. The van der Waals surface area contributed by atoms with Crippen molar-refractivity contribution in [2.24, 2.45) is 0 Å². The molecule has 21 heavy (non-hydrogen) atoms. The zero-order valence-electron chi connectivity index (χ0n) is 11.5. The van der Waals surface area contributed by atoms with E-state index >= 15 is 0 Å². The van der Waals surface area contributed by atoms with E-state index in [0.717, 1.165) is 11.0 Å². The molecule has 9 heteroatoms. The van der Waals surface area contributed by atoms with E-state index in [4.69, 9.17) is 15.1 Å². The van der Waals surface area contributed by atoms with E-state index in [1.54, 1.807) is 0 Å². The Bertz CT molecular complexity index is 548. The molecular formula is C12H19N3O6. The van der Waals surface area contributed by atoms with Crippen LogP contribution >= 0.6 is 0 Å². The molecule has 0 aromatic carbocycles. The van der Waals surface area contributed by atoms with Crippen LogP contribution in [-0.4, -0.2) is 55.0 Å². The molecule has 1 aromatic rings. The summed E-state index contributed by atoms with van der Waals surface area (Å²) in [7, 11) is 0. The first-order chi connectivity index (χ1) is 10.0. The van der Waals surface area contributed by atoms with Gasteiger partial charge in [-0.2, -0.15) is 4.98 Å². The highest BCUT2D eigenvalue weighted by Gasteiger charge is 2.43. The largest absolute Gasteiger partial charge is 0.394 e. The minimum Gasteiger partial charge on any atom is -0.394 e. The number of aromatic nitrogens is 2. The maximum absolute atomic E-state index is 12.0. The lowest BCUT2D eigenvalue weighted by molar-refractivity contribution is -0.0550. The summed E-state index contributed by atoms with van der Waals surface area (Å²) in [6, 6.07) is 0. The molecule has 1 aliphatic heterocycles. The summed E-state index contributed by atoms with van der Waals surface area (Å²) in [5, 5.41) is 37.7. The Balaban J connectivity index is 2.40. The number of aryl methyl sites for hydroxylation is 1. The lowest BCUT2D eigenvalue weighted by atomic mass is 10.1. The number of hydrogen-bond acceptors (Lipinski definition) is 8. The minimum absolute atomic E-state index is 0.0462. The van der Waals surface area contributed by atoms with E-state index < -0.39 is 36.8 Å². The molecule has 2 heterocycles. The summed E-state index contributed by atoms with van der Waals surface area (Å²) in [4.78, 5) is 15.6. The highest BCUT2D eigenvalue weighted by Crippen LogP contribution is 2.28. The molecule has 2 rings (SSSR count). The quantitative estimate of drug-likeness (QED) is 0.419. The van der Waals surface area contributed by atoms with Crippen LogP contribution in [0.5, 0.6) is 0 Å². The van der Waals surface area contributed by atoms with Crippen molar-refractivity contribution in [1.29, 1.82) is 0 Å². The summed E-state index contributed by atoms with van der Waals surface area (Å²) in [5.74, 6) is 0.0462. The minimum atomic E-state index is -1.36. The van der Waals surface area contributed by atoms with Gasteiger partial charge < -0.3 is 20.1 Å². The molecule has 0 bridgehead atoms. The monoisotopic (exact) mass is 301 g/mol. The molecule has 4 atom stereocenters. The maximum atomic E-state index is 12.0. The number of rotatable bonds is 5. The second-order valence-electron chi connectivity index (χ2n) is 4.90. The Morgan fingerprint density at radius 2 is 2.14 bits per heavy atom. The van der Waals surface area contributed by atoms with Crippen LogP contribution in [-0.2, 0) is 11.2 Å². The summed E-state index contributed by atoms with van der Waals surface area (Å²) < 4.78 is 6.35. The molecule has 0 spiro atoms. The van der Waals surface area contributed by atoms with E-state index in [0.29, 0.717) is 12.0 Å². The van der Waals surface area contributed by atoms with Gasteiger partial charge in [0.1, 0.15) is 18.3 Å². The SMILES string of the molecule is CCCc1cn([C@@H]2O[C@H](CO)C(O)C2O)c(=O)nc1NO. The van der Waals surface area contributed by atoms with Gasteiger partial charge in [0.2, 0.25) is 0 Å². The van der Waals surface area contributed by atoms with Crippen LogP contribution in [0.4, 0.5) is 5.82 Å². The zero-order chi connectivity index (χ0) is 15.6. The van der Waals surface area contributed by atoms with E-state index in [1.165, 1.54) is 6.20 Å². The first-order valence-corrected chi connectivity index (χ1v) is 6.68. The maximum Gasteiger partial charge on any atom is 0.351 e. The third kappa shape index (κ3) is 2.92. The molecule has 118 valence electrons. The molecule has 0 aliphatic carbocycles. The number of nitrogens with one attached hydrogen (secondary N) is 1. The highest BCUT2D eigenvalue weighted by molar-refractivity contribution is 5.40. The van der Waals surface area contributed by atoms with Crippen LogP contribution in [0.3, 0.4) is 0 Å². The van der Waals surface area contributed by atoms with Gasteiger partial charge in [0.25, 0.3) is 0 Å². The normalized spacial score (nSPS) is 28.8. The van der Waals surface area contributed by atoms with Crippen molar-refractivity contribution in [3.63, 3.8) is 0 Å². The van der Waals surface area contributed by atoms with Gasteiger partial charge in [0.05, 0.1) is 6.61 Å². The second-order valence-corrected chi connectivity index (χ2v) is 4.90. The molecule has 5 N–H and O–H groups in total. The van der Waals surface area contributed by atoms with Crippen LogP contribution in [0.25, 0.3) is 0 Å². The number of hydrogen-bond donors (Lipinski definition) is 5. The molecule has 0 amide bonds. The lowest BCUT2D eigenvalue weighted by Crippen LogP contribution is -2.36. The molecule has 1 fully saturated rings. The second kappa shape index (κ2) is 6.50. The number of anilines is 1. The van der Waals surface area contributed by atoms with Crippen molar-refractivity contribution in [3.05, 3.63) is 22.2 Å². The van der Waals surface area contributed by atoms with E-state index in [-0.39, 0.29) is 5.82 Å². The van der Waals surface area contributed by atoms with Crippen molar-refractivity contribution in [2.45, 2.75) is 44.3 Å². The van der Waals surface area contributed by atoms with Crippen molar-refractivity contribution in [3.8, 4) is 0 Å². The summed E-state index contributed by atoms with van der Waals surface area (Å²) >= 11 is 0. The average Bonchev–Trinajstić information content (AvgIpc) is 2.76. The number of aliphatic hydroxyl groups excluding tert-OH is 3. The van der Waals surface area contributed by atoms with Crippen LogP contribution in [0.2, 0.25) is 0 Å². The molecule has 1 aliphatic rings. The zero-order valence-corrected chi connectivity index (χ0v) is 11.5. The van der Waals surface area contributed by atoms with Gasteiger partial charge >= 0.3 is 5.69 Å². The van der Waals surface area contributed by atoms with Crippen LogP contribution in [0.15, 0.2) is 11.0 Å². The fraction of sp³-hybridized carbons (Fsp3) is 0.667. The average molecular weight is 301 g/mol. The van der Waals surface area contributed by atoms with Gasteiger partial charge in [-0.15, -0.1) is 0 Å². The predicted molar refractivity (Wildman–Crippen MR) is 70.9 cm³/mol. The first kappa shape index (κ1) is 15.9. The molecule has 9 nitrogen and oxygen atoms in total.